The second-order valence-corrected chi connectivity index (χ2v) is 6.98. The molecular formula is C23H25N3O2. The molecule has 1 aromatic carbocycles. The lowest BCUT2D eigenvalue weighted by molar-refractivity contribution is -0.112. The van der Waals surface area contributed by atoms with Crippen LogP contribution < -0.4 is 5.32 Å². The van der Waals surface area contributed by atoms with E-state index >= 15 is 0 Å². The third-order valence-corrected chi connectivity index (χ3v) is 5.13. The van der Waals surface area contributed by atoms with E-state index < -0.39 is 5.91 Å². The Morgan fingerprint density at radius 2 is 1.75 bits per heavy atom. The molecule has 0 radical (unpaired) electrons. The highest BCUT2D eigenvalue weighted by Gasteiger charge is 2.15. The van der Waals surface area contributed by atoms with Crippen LogP contribution >= 0.6 is 0 Å². The van der Waals surface area contributed by atoms with Crippen molar-refractivity contribution in [2.45, 2.75) is 38.0 Å². The lowest BCUT2D eigenvalue weighted by Gasteiger charge is -2.22. The van der Waals surface area contributed by atoms with E-state index in [0.717, 1.165) is 18.0 Å². The number of pyridine rings is 1. The molecule has 3 N–H and O–H groups in total. The molecule has 3 rings (SSSR count). The molecule has 5 nitrogen and oxygen atoms in total. The van der Waals surface area contributed by atoms with Crippen LogP contribution in [0.3, 0.4) is 0 Å². The molecule has 0 saturated heterocycles. The number of rotatable bonds is 6. The van der Waals surface area contributed by atoms with Crippen LogP contribution in [0.15, 0.2) is 66.7 Å². The Morgan fingerprint density at radius 3 is 2.36 bits per heavy atom. The lowest BCUT2D eigenvalue weighted by atomic mass is 9.84. The molecule has 1 amide bonds. The van der Waals surface area contributed by atoms with Crippen molar-refractivity contribution in [3.63, 3.8) is 0 Å². The normalized spacial score (nSPS) is 15.9. The molecule has 1 aliphatic carbocycles. The van der Waals surface area contributed by atoms with Crippen LogP contribution in [0.1, 0.15) is 49.1 Å². The maximum absolute atomic E-state index is 12.5. The number of nitrogens with one attached hydrogen (secondary N) is 2. The van der Waals surface area contributed by atoms with Gasteiger partial charge in [0.2, 0.25) is 0 Å². The predicted octanol–water partition coefficient (Wildman–Crippen LogP) is 5.24. The molecule has 5 heteroatoms. The number of aliphatic hydroxyl groups is 1. The van der Waals surface area contributed by atoms with Crippen LogP contribution in [0.4, 0.5) is 5.69 Å². The second-order valence-electron chi connectivity index (χ2n) is 6.98. The minimum atomic E-state index is -0.429. The van der Waals surface area contributed by atoms with Gasteiger partial charge in [0, 0.05) is 29.9 Å². The summed E-state index contributed by atoms with van der Waals surface area (Å²) in [4.78, 5) is 16.5. The zero-order chi connectivity index (χ0) is 19.8. The first-order valence-electron chi connectivity index (χ1n) is 9.59. The quantitative estimate of drug-likeness (QED) is 0.279. The molecule has 2 aromatic rings. The minimum Gasteiger partial charge on any atom is -0.515 e. The van der Waals surface area contributed by atoms with E-state index in [4.69, 9.17) is 5.41 Å². The van der Waals surface area contributed by atoms with E-state index in [1.807, 2.05) is 12.1 Å². The first kappa shape index (κ1) is 19.5. The van der Waals surface area contributed by atoms with Crippen molar-refractivity contribution in [1.82, 2.24) is 4.98 Å². The van der Waals surface area contributed by atoms with Crippen LogP contribution in [-0.2, 0) is 4.79 Å². The Kier molecular flexibility index (Phi) is 6.73. The summed E-state index contributed by atoms with van der Waals surface area (Å²) in [6, 6.07) is 11.4. The number of allylic oxidation sites excluding steroid dienone is 1. The van der Waals surface area contributed by atoms with Crippen molar-refractivity contribution in [2.75, 3.05) is 5.32 Å². The van der Waals surface area contributed by atoms with Gasteiger partial charge in [0.15, 0.2) is 0 Å². The van der Waals surface area contributed by atoms with E-state index in [0.29, 0.717) is 17.2 Å². The fraction of sp³-hybridized carbons (Fsp3) is 0.261. The molecular weight excluding hydrogens is 350 g/mol. The number of hydrogen-bond acceptors (Lipinski definition) is 4. The average Bonchev–Trinajstić information content (AvgIpc) is 2.76. The highest BCUT2D eigenvalue weighted by molar-refractivity contribution is 6.14. The number of aromatic nitrogens is 1. The monoisotopic (exact) mass is 375 g/mol. The number of benzene rings is 1. The summed E-state index contributed by atoms with van der Waals surface area (Å²) >= 11 is 0. The van der Waals surface area contributed by atoms with Crippen molar-refractivity contribution in [3.05, 3.63) is 77.8 Å². The topological polar surface area (TPSA) is 86.1 Å². The molecule has 0 atom stereocenters. The van der Waals surface area contributed by atoms with Gasteiger partial charge in [-0.25, -0.2) is 0 Å². The SMILES string of the molecule is N=CC(=CC(=CO)C(=O)Nc1ccc(C2CCCCC2)cc1)c1ccncc1. The van der Waals surface area contributed by atoms with E-state index in [1.165, 1.54) is 43.7 Å². The van der Waals surface area contributed by atoms with Gasteiger partial charge in [0.05, 0.1) is 11.8 Å². The summed E-state index contributed by atoms with van der Waals surface area (Å²) in [6.07, 6.45) is 13.0. The predicted molar refractivity (Wildman–Crippen MR) is 113 cm³/mol. The summed E-state index contributed by atoms with van der Waals surface area (Å²) in [5.74, 6) is 0.186. The van der Waals surface area contributed by atoms with Crippen LogP contribution in [0.25, 0.3) is 5.57 Å². The average molecular weight is 375 g/mol. The number of hydrogen-bond donors (Lipinski definition) is 3. The number of aliphatic hydroxyl groups excluding tert-OH is 1. The Morgan fingerprint density at radius 1 is 1.07 bits per heavy atom. The zero-order valence-corrected chi connectivity index (χ0v) is 15.8. The highest BCUT2D eigenvalue weighted by atomic mass is 16.2. The molecule has 1 aromatic heterocycles. The smallest absolute Gasteiger partial charge is 0.258 e. The van der Waals surface area contributed by atoms with Gasteiger partial charge >= 0.3 is 0 Å². The fourth-order valence-corrected chi connectivity index (χ4v) is 3.56. The van der Waals surface area contributed by atoms with Gasteiger partial charge in [0.1, 0.15) is 0 Å². The molecule has 0 unspecified atom stereocenters. The number of carbonyl (C=O) groups excluding carboxylic acids is 1. The third kappa shape index (κ3) is 4.94. The third-order valence-electron chi connectivity index (χ3n) is 5.13. The molecule has 28 heavy (non-hydrogen) atoms. The van der Waals surface area contributed by atoms with Crippen molar-refractivity contribution < 1.29 is 9.90 Å². The summed E-state index contributed by atoms with van der Waals surface area (Å²) < 4.78 is 0. The molecule has 0 spiro atoms. The van der Waals surface area contributed by atoms with Crippen LogP contribution in [0.5, 0.6) is 0 Å². The fourth-order valence-electron chi connectivity index (χ4n) is 3.56. The number of anilines is 1. The van der Waals surface area contributed by atoms with Gasteiger partial charge < -0.3 is 15.8 Å². The zero-order valence-electron chi connectivity index (χ0n) is 15.8. The molecule has 1 fully saturated rings. The molecule has 0 aliphatic heterocycles. The highest BCUT2D eigenvalue weighted by Crippen LogP contribution is 2.33. The van der Waals surface area contributed by atoms with Gasteiger partial charge in [-0.15, -0.1) is 0 Å². The van der Waals surface area contributed by atoms with Crippen LogP contribution in [0.2, 0.25) is 0 Å². The number of nitrogens with zero attached hydrogens (tertiary/aromatic N) is 1. The molecule has 144 valence electrons. The maximum atomic E-state index is 12.5. The molecule has 1 saturated carbocycles. The Bertz CT molecular complexity index is 864. The minimum absolute atomic E-state index is 0.0756. The van der Waals surface area contributed by atoms with Gasteiger partial charge in [-0.2, -0.15) is 0 Å². The number of amides is 1. The molecule has 1 heterocycles. The van der Waals surface area contributed by atoms with Crippen molar-refractivity contribution >= 4 is 23.4 Å². The summed E-state index contributed by atoms with van der Waals surface area (Å²) in [7, 11) is 0. The van der Waals surface area contributed by atoms with E-state index in [9.17, 15) is 9.90 Å². The Balaban J connectivity index is 1.70. The van der Waals surface area contributed by atoms with Gasteiger partial charge in [0.25, 0.3) is 5.91 Å². The largest absolute Gasteiger partial charge is 0.515 e. The molecule has 0 bridgehead atoms. The van der Waals surface area contributed by atoms with Crippen molar-refractivity contribution in [1.29, 1.82) is 5.41 Å². The second kappa shape index (κ2) is 9.65. The maximum Gasteiger partial charge on any atom is 0.258 e. The Hall–Kier alpha value is -3.21. The van der Waals surface area contributed by atoms with Crippen molar-refractivity contribution in [2.24, 2.45) is 0 Å². The van der Waals surface area contributed by atoms with Crippen LogP contribution in [-0.4, -0.2) is 22.2 Å². The number of carbonyl (C=O) groups is 1. The molecule has 1 aliphatic rings. The first-order valence-corrected chi connectivity index (χ1v) is 9.59. The van der Waals surface area contributed by atoms with E-state index in [2.05, 4.69) is 22.4 Å². The first-order chi connectivity index (χ1) is 13.7. The Labute approximate surface area is 165 Å². The van der Waals surface area contributed by atoms with Gasteiger partial charge in [-0.1, -0.05) is 31.4 Å². The summed E-state index contributed by atoms with van der Waals surface area (Å²) in [5.41, 5.74) is 3.32. The van der Waals surface area contributed by atoms with Gasteiger partial charge in [-0.05, 0) is 60.2 Å². The summed E-state index contributed by atoms with van der Waals surface area (Å²) in [6.45, 7) is 0. The van der Waals surface area contributed by atoms with E-state index in [1.54, 1.807) is 24.5 Å². The standard InChI is InChI=1S/C23H25N3O2/c24-15-20(19-10-12-25-13-11-19)14-21(16-27)23(28)26-22-8-6-18(7-9-22)17-4-2-1-3-5-17/h6-17,24,27H,1-5H2,(H,26,28). The van der Waals surface area contributed by atoms with E-state index in [-0.39, 0.29) is 5.57 Å². The van der Waals surface area contributed by atoms with Crippen LogP contribution in [0, 0.1) is 5.41 Å². The summed E-state index contributed by atoms with van der Waals surface area (Å²) in [5, 5.41) is 19.9. The van der Waals surface area contributed by atoms with Crippen molar-refractivity contribution in [3.8, 4) is 0 Å². The van der Waals surface area contributed by atoms with Gasteiger partial charge in [-0.3, -0.25) is 9.78 Å². The lowest BCUT2D eigenvalue weighted by Crippen LogP contribution is -2.14.